The van der Waals surface area contributed by atoms with Crippen LogP contribution in [0.15, 0.2) is 36.7 Å². The molecule has 0 fully saturated rings. The van der Waals surface area contributed by atoms with Gasteiger partial charge in [-0.25, -0.2) is 9.97 Å². The topological polar surface area (TPSA) is 39.9 Å². The van der Waals surface area contributed by atoms with E-state index >= 15 is 0 Å². The van der Waals surface area contributed by atoms with Crippen molar-refractivity contribution in [3.63, 3.8) is 0 Å². The number of rotatable bonds is 3. The van der Waals surface area contributed by atoms with Crippen LogP contribution in [-0.4, -0.2) is 21.6 Å². The molecule has 0 amide bonds. The second kappa shape index (κ2) is 5.29. The number of ether oxygens (including phenoxy) is 1. The van der Waals surface area contributed by atoms with Crippen molar-refractivity contribution in [3.05, 3.63) is 41.9 Å². The maximum Gasteiger partial charge on any atom is 0.319 e. The van der Waals surface area contributed by atoms with Crippen molar-refractivity contribution in [1.29, 1.82) is 0 Å². The van der Waals surface area contributed by atoms with Gasteiger partial charge in [0.25, 0.3) is 0 Å². The number of alkyl halides is 2. The Labute approximate surface area is 124 Å². The number of aromatic nitrogens is 3. The van der Waals surface area contributed by atoms with Crippen LogP contribution in [0.1, 0.15) is 6.55 Å². The van der Waals surface area contributed by atoms with Crippen molar-refractivity contribution in [2.75, 3.05) is 7.11 Å². The third-order valence-electron chi connectivity index (χ3n) is 3.15. The van der Waals surface area contributed by atoms with Gasteiger partial charge in [-0.1, -0.05) is 0 Å². The second-order valence-corrected chi connectivity index (χ2v) is 4.66. The van der Waals surface area contributed by atoms with E-state index in [0.29, 0.717) is 27.9 Å². The van der Waals surface area contributed by atoms with Gasteiger partial charge >= 0.3 is 6.55 Å². The zero-order valence-corrected chi connectivity index (χ0v) is 11.7. The molecule has 0 N–H and O–H groups in total. The minimum atomic E-state index is -2.66. The van der Waals surface area contributed by atoms with Crippen LogP contribution < -0.4 is 4.74 Å². The first-order chi connectivity index (χ1) is 10.1. The molecule has 3 rings (SSSR count). The summed E-state index contributed by atoms with van der Waals surface area (Å²) in [5.74, 6) is 0.509. The van der Waals surface area contributed by atoms with Gasteiger partial charge in [-0.3, -0.25) is 4.57 Å². The molecule has 0 aliphatic heterocycles. The van der Waals surface area contributed by atoms with E-state index < -0.39 is 6.55 Å². The van der Waals surface area contributed by atoms with Crippen LogP contribution in [0.25, 0.3) is 22.2 Å². The van der Waals surface area contributed by atoms with Gasteiger partial charge in [-0.15, -0.1) is 0 Å². The minimum absolute atomic E-state index is 0.0685. The Kier molecular flexibility index (Phi) is 3.47. The van der Waals surface area contributed by atoms with E-state index in [1.807, 2.05) is 0 Å². The van der Waals surface area contributed by atoms with Gasteiger partial charge in [0.05, 0.1) is 18.3 Å². The molecule has 0 bridgehead atoms. The first-order valence-corrected chi connectivity index (χ1v) is 6.43. The van der Waals surface area contributed by atoms with E-state index in [1.54, 1.807) is 24.3 Å². The molecule has 0 spiro atoms. The van der Waals surface area contributed by atoms with E-state index in [4.69, 9.17) is 16.3 Å². The normalized spacial score (nSPS) is 11.3. The molecule has 0 saturated heterocycles. The van der Waals surface area contributed by atoms with Crippen molar-refractivity contribution in [2.45, 2.75) is 6.55 Å². The number of halogens is 3. The summed E-state index contributed by atoms with van der Waals surface area (Å²) in [6.45, 7) is -2.66. The molecule has 0 aliphatic rings. The fourth-order valence-corrected chi connectivity index (χ4v) is 2.36. The number of methoxy groups -OCH3 is 1. The summed E-state index contributed by atoms with van der Waals surface area (Å²) >= 11 is 5.77. The van der Waals surface area contributed by atoms with E-state index in [9.17, 15) is 8.78 Å². The highest BCUT2D eigenvalue weighted by Gasteiger charge is 2.17. The van der Waals surface area contributed by atoms with E-state index in [0.717, 1.165) is 4.57 Å². The quantitative estimate of drug-likeness (QED) is 0.682. The Balaban J connectivity index is 2.28. The number of nitrogens with zero attached hydrogens (tertiary/aromatic N) is 3. The lowest BCUT2D eigenvalue weighted by Gasteiger charge is -2.04. The fourth-order valence-electron chi connectivity index (χ4n) is 2.21. The molecule has 3 aromatic rings. The van der Waals surface area contributed by atoms with Gasteiger partial charge < -0.3 is 4.74 Å². The van der Waals surface area contributed by atoms with Crippen LogP contribution >= 0.6 is 11.6 Å². The van der Waals surface area contributed by atoms with Crippen molar-refractivity contribution in [1.82, 2.24) is 14.5 Å². The molecule has 7 heteroatoms. The number of fused-ring (bicyclic) bond motifs is 1. The van der Waals surface area contributed by atoms with Crippen molar-refractivity contribution < 1.29 is 13.5 Å². The summed E-state index contributed by atoms with van der Waals surface area (Å²) in [4.78, 5) is 7.87. The van der Waals surface area contributed by atoms with Crippen molar-refractivity contribution in [2.24, 2.45) is 0 Å². The second-order valence-electron chi connectivity index (χ2n) is 4.32. The molecule has 2 aromatic heterocycles. The highest BCUT2D eigenvalue weighted by molar-refractivity contribution is 6.28. The van der Waals surface area contributed by atoms with Crippen LogP contribution in [0, 0.1) is 0 Å². The molecule has 108 valence electrons. The van der Waals surface area contributed by atoms with Gasteiger partial charge in [0.1, 0.15) is 5.75 Å². The van der Waals surface area contributed by atoms with E-state index in [2.05, 4.69) is 9.97 Å². The summed E-state index contributed by atoms with van der Waals surface area (Å²) in [5, 5.41) is 0.713. The van der Waals surface area contributed by atoms with Gasteiger partial charge in [0.2, 0.25) is 5.28 Å². The fraction of sp³-hybridized carbons (Fsp3) is 0.143. The Morgan fingerprint density at radius 2 is 2.10 bits per heavy atom. The van der Waals surface area contributed by atoms with Gasteiger partial charge in [0, 0.05) is 29.4 Å². The smallest absolute Gasteiger partial charge is 0.319 e. The Morgan fingerprint density at radius 3 is 2.76 bits per heavy atom. The molecular formula is C14H10ClF2N3O. The summed E-state index contributed by atoms with van der Waals surface area (Å²) in [6.07, 6.45) is 2.84. The lowest BCUT2D eigenvalue weighted by Crippen LogP contribution is -1.95. The Morgan fingerprint density at radius 1 is 1.29 bits per heavy atom. The number of benzene rings is 1. The largest absolute Gasteiger partial charge is 0.497 e. The first kappa shape index (κ1) is 13.8. The predicted octanol–water partition coefficient (Wildman–Crippen LogP) is 4.16. The molecule has 1 aromatic carbocycles. The average Bonchev–Trinajstić information content (AvgIpc) is 2.86. The zero-order valence-electron chi connectivity index (χ0n) is 10.9. The molecule has 21 heavy (non-hydrogen) atoms. The van der Waals surface area contributed by atoms with Crippen LogP contribution in [0.5, 0.6) is 5.75 Å². The van der Waals surface area contributed by atoms with Gasteiger partial charge in [-0.05, 0) is 29.8 Å². The number of hydrogen-bond donors (Lipinski definition) is 0. The standard InChI is InChI=1S/C14H10ClF2N3O/c1-21-8-2-3-9-10(11-4-5-18-13(15)19-11)7-20(14(16)17)12(9)6-8/h2-7,14H,1H3. The molecule has 0 atom stereocenters. The van der Waals surface area contributed by atoms with E-state index in [-0.39, 0.29) is 5.28 Å². The predicted molar refractivity (Wildman–Crippen MR) is 75.8 cm³/mol. The summed E-state index contributed by atoms with van der Waals surface area (Å²) < 4.78 is 32.4. The zero-order chi connectivity index (χ0) is 15.0. The Hall–Kier alpha value is -2.21. The molecule has 0 saturated carbocycles. The highest BCUT2D eigenvalue weighted by Crippen LogP contribution is 2.34. The summed E-state index contributed by atoms with van der Waals surface area (Å²) in [5.41, 5.74) is 1.43. The maximum atomic E-state index is 13.2. The molecular weight excluding hydrogens is 300 g/mol. The maximum absolute atomic E-state index is 13.2. The van der Waals surface area contributed by atoms with Gasteiger partial charge in [-0.2, -0.15) is 8.78 Å². The Bertz CT molecular complexity index is 804. The lowest BCUT2D eigenvalue weighted by atomic mass is 10.1. The third-order valence-corrected chi connectivity index (χ3v) is 3.34. The molecule has 4 nitrogen and oxygen atoms in total. The van der Waals surface area contributed by atoms with Gasteiger partial charge in [0.15, 0.2) is 0 Å². The van der Waals surface area contributed by atoms with Crippen LogP contribution in [-0.2, 0) is 0 Å². The molecule has 0 aliphatic carbocycles. The average molecular weight is 310 g/mol. The monoisotopic (exact) mass is 309 g/mol. The van der Waals surface area contributed by atoms with E-state index in [1.165, 1.54) is 19.5 Å². The number of hydrogen-bond acceptors (Lipinski definition) is 3. The van der Waals surface area contributed by atoms with Crippen molar-refractivity contribution >= 4 is 22.5 Å². The first-order valence-electron chi connectivity index (χ1n) is 6.06. The molecule has 0 radical (unpaired) electrons. The van der Waals surface area contributed by atoms with Crippen molar-refractivity contribution in [3.8, 4) is 17.0 Å². The minimum Gasteiger partial charge on any atom is -0.497 e. The molecule has 2 heterocycles. The van der Waals surface area contributed by atoms with Crippen LogP contribution in [0.3, 0.4) is 0 Å². The molecule has 0 unspecified atom stereocenters. The SMILES string of the molecule is COc1ccc2c(-c3ccnc(Cl)n3)cn(C(F)F)c2c1. The lowest BCUT2D eigenvalue weighted by molar-refractivity contribution is 0.0753. The van der Waals surface area contributed by atoms with Crippen LogP contribution in [0.2, 0.25) is 5.28 Å². The summed E-state index contributed by atoms with van der Waals surface area (Å²) in [7, 11) is 1.49. The summed E-state index contributed by atoms with van der Waals surface area (Å²) in [6, 6.07) is 6.62. The highest BCUT2D eigenvalue weighted by atomic mass is 35.5. The third kappa shape index (κ3) is 2.42. The van der Waals surface area contributed by atoms with Crippen LogP contribution in [0.4, 0.5) is 8.78 Å².